The summed E-state index contributed by atoms with van der Waals surface area (Å²) in [4.78, 5) is 45.9. The molecule has 3 saturated heterocycles. The fraction of sp³-hybridized carbons (Fsp3) is 0.781. The summed E-state index contributed by atoms with van der Waals surface area (Å²) in [6.07, 6.45) is 8.20. The van der Waals surface area contributed by atoms with E-state index in [2.05, 4.69) is 33.9 Å². The van der Waals surface area contributed by atoms with Crippen molar-refractivity contribution in [3.63, 3.8) is 0 Å². The molecule has 3 heterocycles. The molecule has 0 saturated carbocycles. The number of carbonyl (C=O) groups is 3. The van der Waals surface area contributed by atoms with E-state index in [-0.39, 0.29) is 30.4 Å². The predicted octanol–water partition coefficient (Wildman–Crippen LogP) is 4.65. The molecular formula is C32H52N2O6. The number of carbonyl (C=O) groups excluding carboxylic acids is 3. The highest BCUT2D eigenvalue weighted by molar-refractivity contribution is 5.99. The van der Waals surface area contributed by atoms with E-state index in [0.29, 0.717) is 32.2 Å². The molecule has 8 heteroatoms. The molecule has 1 spiro atoms. The smallest absolute Gasteiger partial charge is 0.312 e. The van der Waals surface area contributed by atoms with Gasteiger partial charge in [0.25, 0.3) is 0 Å². The molecule has 0 aliphatic carbocycles. The Balaban J connectivity index is 2.05. The number of unbranched alkanes of at least 4 members (excludes halogenated alkanes) is 2. The molecule has 3 aliphatic heterocycles. The van der Waals surface area contributed by atoms with Gasteiger partial charge in [-0.15, -0.1) is 13.2 Å². The van der Waals surface area contributed by atoms with Gasteiger partial charge in [0.2, 0.25) is 11.8 Å². The van der Waals surface area contributed by atoms with E-state index < -0.39 is 46.6 Å². The zero-order valence-electron chi connectivity index (χ0n) is 25.8. The number of ether oxygens (including phenoxy) is 2. The molecule has 0 radical (unpaired) electrons. The zero-order valence-corrected chi connectivity index (χ0v) is 25.8. The highest BCUT2D eigenvalue weighted by atomic mass is 16.6. The molecule has 0 aromatic carbocycles. The monoisotopic (exact) mass is 560 g/mol. The Bertz CT molecular complexity index is 982. The number of fused-ring (bicyclic) bond motifs is 1. The Labute approximate surface area is 241 Å². The standard InChI is InChI=1S/C32H52N2O6/c1-10-13-14-15-19-39-28(38)24-23-26(36)34(22(12-3)20-35)25(32(23)17-16-31(24,9)40-32)27(37)33(18-11-2)30(7,8)21-29(4,5)6/h10-11,22-25,35H,1-2,12-21H2,3-9H3/t22-,23-,24+,25?,31-,32?/m0/s1. The second-order valence-electron chi connectivity index (χ2n) is 14.0. The first kappa shape index (κ1) is 32.3. The maximum Gasteiger partial charge on any atom is 0.312 e. The van der Waals surface area contributed by atoms with Crippen LogP contribution in [0.1, 0.15) is 93.4 Å². The quantitative estimate of drug-likeness (QED) is 0.189. The maximum atomic E-state index is 14.7. The van der Waals surface area contributed by atoms with Gasteiger partial charge in [-0.2, -0.15) is 0 Å². The third-order valence-electron chi connectivity index (χ3n) is 9.10. The first-order valence-corrected chi connectivity index (χ1v) is 15.0. The summed E-state index contributed by atoms with van der Waals surface area (Å²) in [7, 11) is 0. The largest absolute Gasteiger partial charge is 0.465 e. The number of allylic oxidation sites excluding steroid dienone is 1. The van der Waals surface area contributed by atoms with Gasteiger partial charge >= 0.3 is 5.97 Å². The number of amides is 2. The van der Waals surface area contributed by atoms with E-state index in [1.165, 1.54) is 0 Å². The number of rotatable bonds is 14. The van der Waals surface area contributed by atoms with Crippen molar-refractivity contribution in [1.29, 1.82) is 0 Å². The minimum atomic E-state index is -1.16. The minimum Gasteiger partial charge on any atom is -0.465 e. The van der Waals surface area contributed by atoms with Crippen molar-refractivity contribution in [2.75, 3.05) is 19.8 Å². The van der Waals surface area contributed by atoms with Gasteiger partial charge in [0, 0.05) is 12.1 Å². The Morgan fingerprint density at radius 2 is 1.88 bits per heavy atom. The number of aliphatic hydroxyl groups excluding tert-OH is 1. The second kappa shape index (κ2) is 12.0. The second-order valence-corrected chi connectivity index (χ2v) is 14.0. The lowest BCUT2D eigenvalue weighted by Gasteiger charge is -2.46. The fourth-order valence-corrected chi connectivity index (χ4v) is 7.77. The van der Waals surface area contributed by atoms with Crippen LogP contribution in [0.25, 0.3) is 0 Å². The van der Waals surface area contributed by atoms with Gasteiger partial charge in [-0.3, -0.25) is 14.4 Å². The van der Waals surface area contributed by atoms with Crippen LogP contribution in [-0.4, -0.2) is 81.3 Å². The SMILES string of the molecule is C=CCCCCOC(=O)[C@H]1[C@H]2C(=O)N([C@@H](CC)CO)C(C(=O)N(CC=C)C(C)(C)CC(C)(C)C)C23CC[C@]1(C)O3. The van der Waals surface area contributed by atoms with Gasteiger partial charge < -0.3 is 24.4 Å². The van der Waals surface area contributed by atoms with Gasteiger partial charge in [-0.1, -0.05) is 39.8 Å². The van der Waals surface area contributed by atoms with Crippen LogP contribution in [0.2, 0.25) is 0 Å². The third kappa shape index (κ3) is 5.76. The number of likely N-dealkylation sites (tertiary alicyclic amines) is 1. The van der Waals surface area contributed by atoms with E-state index in [0.717, 1.165) is 19.3 Å². The molecule has 3 rings (SSSR count). The molecule has 2 bridgehead atoms. The van der Waals surface area contributed by atoms with Crippen LogP contribution in [0.4, 0.5) is 0 Å². The Hall–Kier alpha value is -2.19. The lowest BCUT2D eigenvalue weighted by Crippen LogP contribution is -2.62. The molecule has 0 aromatic rings. The molecule has 3 fully saturated rings. The summed E-state index contributed by atoms with van der Waals surface area (Å²) >= 11 is 0. The van der Waals surface area contributed by atoms with Gasteiger partial charge in [-0.25, -0.2) is 0 Å². The Morgan fingerprint density at radius 1 is 1.20 bits per heavy atom. The summed E-state index contributed by atoms with van der Waals surface area (Å²) in [5.41, 5.74) is -2.65. The number of hydrogen-bond donors (Lipinski definition) is 1. The van der Waals surface area contributed by atoms with Crippen LogP contribution in [0.15, 0.2) is 25.3 Å². The molecule has 2 unspecified atom stereocenters. The number of nitrogens with zero attached hydrogens (tertiary/aromatic N) is 2. The summed E-state index contributed by atoms with van der Waals surface area (Å²) < 4.78 is 12.4. The van der Waals surface area contributed by atoms with Crippen molar-refractivity contribution in [1.82, 2.24) is 9.80 Å². The minimum absolute atomic E-state index is 0.0530. The summed E-state index contributed by atoms with van der Waals surface area (Å²) in [5.74, 6) is -2.61. The van der Waals surface area contributed by atoms with E-state index in [1.54, 1.807) is 11.0 Å². The van der Waals surface area contributed by atoms with Gasteiger partial charge in [0.1, 0.15) is 17.6 Å². The Morgan fingerprint density at radius 3 is 2.42 bits per heavy atom. The molecule has 40 heavy (non-hydrogen) atoms. The van der Waals surface area contributed by atoms with E-state index >= 15 is 0 Å². The van der Waals surface area contributed by atoms with Crippen molar-refractivity contribution in [2.45, 2.75) is 122 Å². The Kier molecular flexibility index (Phi) is 9.67. The van der Waals surface area contributed by atoms with Crippen molar-refractivity contribution in [2.24, 2.45) is 17.3 Å². The number of aliphatic hydroxyl groups is 1. The van der Waals surface area contributed by atoms with Crippen LogP contribution in [0.5, 0.6) is 0 Å². The average Bonchev–Trinajstić information content (AvgIpc) is 3.42. The predicted molar refractivity (Wildman–Crippen MR) is 155 cm³/mol. The molecule has 226 valence electrons. The molecule has 2 amide bonds. The number of hydrogen-bond acceptors (Lipinski definition) is 6. The lowest BCUT2D eigenvalue weighted by molar-refractivity contribution is -0.163. The highest BCUT2D eigenvalue weighted by Crippen LogP contribution is 2.64. The van der Waals surface area contributed by atoms with Crippen molar-refractivity contribution in [3.8, 4) is 0 Å². The summed E-state index contributed by atoms with van der Waals surface area (Å²) in [5, 5.41) is 10.3. The molecule has 6 atom stereocenters. The van der Waals surface area contributed by atoms with E-state index in [9.17, 15) is 19.5 Å². The highest BCUT2D eigenvalue weighted by Gasteiger charge is 2.79. The average molecular weight is 561 g/mol. The van der Waals surface area contributed by atoms with Gasteiger partial charge in [0.15, 0.2) is 0 Å². The van der Waals surface area contributed by atoms with Crippen LogP contribution >= 0.6 is 0 Å². The van der Waals surface area contributed by atoms with Gasteiger partial charge in [0.05, 0.1) is 30.8 Å². The fourth-order valence-electron chi connectivity index (χ4n) is 7.77. The maximum absolute atomic E-state index is 14.7. The molecule has 8 nitrogen and oxygen atoms in total. The third-order valence-corrected chi connectivity index (χ3v) is 9.10. The van der Waals surface area contributed by atoms with Crippen LogP contribution in [0.3, 0.4) is 0 Å². The summed E-state index contributed by atoms with van der Waals surface area (Å²) in [6.45, 7) is 22.2. The summed E-state index contributed by atoms with van der Waals surface area (Å²) in [6, 6.07) is -1.52. The van der Waals surface area contributed by atoms with E-state index in [4.69, 9.17) is 9.47 Å². The first-order valence-electron chi connectivity index (χ1n) is 15.0. The van der Waals surface area contributed by atoms with Crippen molar-refractivity contribution in [3.05, 3.63) is 25.3 Å². The molecular weight excluding hydrogens is 508 g/mol. The first-order chi connectivity index (χ1) is 18.6. The van der Waals surface area contributed by atoms with Gasteiger partial charge in [-0.05, 0) is 71.1 Å². The normalized spacial score (nSPS) is 30.2. The van der Waals surface area contributed by atoms with Crippen LogP contribution in [-0.2, 0) is 23.9 Å². The van der Waals surface area contributed by atoms with E-state index in [1.807, 2.05) is 38.7 Å². The zero-order chi connectivity index (χ0) is 30.1. The van der Waals surface area contributed by atoms with Crippen molar-refractivity contribution < 1.29 is 29.0 Å². The molecule has 0 aromatic heterocycles. The lowest BCUT2D eigenvalue weighted by atomic mass is 9.66. The number of esters is 1. The van der Waals surface area contributed by atoms with Crippen LogP contribution in [0, 0.1) is 17.3 Å². The topological polar surface area (TPSA) is 96.4 Å². The van der Waals surface area contributed by atoms with Crippen molar-refractivity contribution >= 4 is 17.8 Å². The molecule has 1 N–H and O–H groups in total. The van der Waals surface area contributed by atoms with Crippen LogP contribution < -0.4 is 0 Å². The molecule has 3 aliphatic rings.